The maximum atomic E-state index is 13.4. The molecule has 0 bridgehead atoms. The zero-order valence-electron chi connectivity index (χ0n) is 10.4. The highest BCUT2D eigenvalue weighted by atomic mass is 19.1. The van der Waals surface area contributed by atoms with Gasteiger partial charge in [0, 0.05) is 12.1 Å². The minimum Gasteiger partial charge on any atom is -0.467 e. The van der Waals surface area contributed by atoms with Gasteiger partial charge in [0.2, 0.25) is 0 Å². The summed E-state index contributed by atoms with van der Waals surface area (Å²) in [5, 5.41) is 2.43. The van der Waals surface area contributed by atoms with Crippen molar-refractivity contribution in [2.45, 2.75) is 6.54 Å². The van der Waals surface area contributed by atoms with Crippen molar-refractivity contribution in [3.63, 3.8) is 0 Å². The lowest BCUT2D eigenvalue weighted by molar-refractivity contribution is 0.0600. The third-order valence-electron chi connectivity index (χ3n) is 2.52. The molecule has 106 valence electrons. The molecule has 4 nitrogen and oxygen atoms in total. The van der Waals surface area contributed by atoms with Gasteiger partial charge in [-0.1, -0.05) is 0 Å². The van der Waals surface area contributed by atoms with Crippen molar-refractivity contribution < 1.29 is 27.1 Å². The first-order valence-corrected chi connectivity index (χ1v) is 5.55. The maximum Gasteiger partial charge on any atom is 0.341 e. The number of carbonyl (C=O) groups excluding carboxylic acids is 1. The van der Waals surface area contributed by atoms with Gasteiger partial charge in [0.1, 0.15) is 23.5 Å². The molecule has 7 heteroatoms. The molecule has 0 aliphatic rings. The molecule has 0 saturated carbocycles. The molecule has 0 amide bonds. The second-order valence-corrected chi connectivity index (χ2v) is 3.89. The van der Waals surface area contributed by atoms with E-state index in [9.17, 15) is 18.0 Å². The highest BCUT2D eigenvalue weighted by Crippen LogP contribution is 2.21. The van der Waals surface area contributed by atoms with Crippen LogP contribution in [0.25, 0.3) is 0 Å². The molecule has 2 rings (SSSR count). The molecule has 2 aromatic rings. The van der Waals surface area contributed by atoms with Crippen molar-refractivity contribution in [2.24, 2.45) is 0 Å². The van der Waals surface area contributed by atoms with E-state index in [0.29, 0.717) is 12.1 Å². The molecule has 0 atom stereocenters. The number of carbonyl (C=O) groups is 1. The van der Waals surface area contributed by atoms with E-state index in [0.717, 1.165) is 0 Å². The van der Waals surface area contributed by atoms with Gasteiger partial charge in [-0.05, 0) is 6.07 Å². The van der Waals surface area contributed by atoms with Crippen LogP contribution < -0.4 is 5.32 Å². The summed E-state index contributed by atoms with van der Waals surface area (Å²) in [6.45, 7) is -0.0729. The summed E-state index contributed by atoms with van der Waals surface area (Å²) in [5.74, 6) is -3.42. The summed E-state index contributed by atoms with van der Waals surface area (Å²) >= 11 is 0. The normalized spacial score (nSPS) is 10.4. The minimum absolute atomic E-state index is 0.0729. The highest BCUT2D eigenvalue weighted by molar-refractivity contribution is 5.88. The number of esters is 1. The molecular weight excluding hydrogens is 275 g/mol. The van der Waals surface area contributed by atoms with Crippen LogP contribution >= 0.6 is 0 Å². The first-order valence-electron chi connectivity index (χ1n) is 5.55. The van der Waals surface area contributed by atoms with Crippen LogP contribution in [-0.4, -0.2) is 13.1 Å². The van der Waals surface area contributed by atoms with Crippen molar-refractivity contribution in [2.75, 3.05) is 12.4 Å². The van der Waals surface area contributed by atoms with Gasteiger partial charge < -0.3 is 14.5 Å². The number of hydrogen-bond donors (Lipinski definition) is 1. The fourth-order valence-electron chi connectivity index (χ4n) is 1.58. The van der Waals surface area contributed by atoms with Crippen LogP contribution in [0.2, 0.25) is 0 Å². The Bertz CT molecular complexity index is 617. The smallest absolute Gasteiger partial charge is 0.341 e. The van der Waals surface area contributed by atoms with Gasteiger partial charge in [0.25, 0.3) is 0 Å². The van der Waals surface area contributed by atoms with Crippen LogP contribution in [0.4, 0.5) is 18.9 Å². The minimum atomic E-state index is -1.05. The van der Waals surface area contributed by atoms with E-state index < -0.39 is 29.1 Å². The summed E-state index contributed by atoms with van der Waals surface area (Å²) in [7, 11) is 1.22. The van der Waals surface area contributed by atoms with Crippen molar-refractivity contribution in [3.8, 4) is 0 Å². The average molecular weight is 285 g/mol. The number of rotatable bonds is 4. The molecule has 20 heavy (non-hydrogen) atoms. The largest absolute Gasteiger partial charge is 0.467 e. The molecule has 0 unspecified atom stereocenters. The van der Waals surface area contributed by atoms with E-state index in [1.165, 1.54) is 19.4 Å². The predicted octanol–water partition coefficient (Wildman–Crippen LogP) is 3.10. The quantitative estimate of drug-likeness (QED) is 0.877. The lowest BCUT2D eigenvalue weighted by Crippen LogP contribution is -2.04. The second kappa shape index (κ2) is 5.68. The maximum absolute atomic E-state index is 13.4. The molecule has 0 radical (unpaired) electrons. The number of furan rings is 1. The van der Waals surface area contributed by atoms with Crippen molar-refractivity contribution in [3.05, 3.63) is 53.2 Å². The fourth-order valence-corrected chi connectivity index (χ4v) is 1.58. The topological polar surface area (TPSA) is 51.5 Å². The van der Waals surface area contributed by atoms with Gasteiger partial charge in [0.15, 0.2) is 11.6 Å². The molecule has 0 aliphatic carbocycles. The van der Waals surface area contributed by atoms with Crippen LogP contribution in [0.1, 0.15) is 16.1 Å². The second-order valence-electron chi connectivity index (χ2n) is 3.89. The Kier molecular flexibility index (Phi) is 3.97. The van der Waals surface area contributed by atoms with E-state index in [1.807, 2.05) is 0 Å². The Morgan fingerprint density at radius 3 is 2.50 bits per heavy atom. The van der Waals surface area contributed by atoms with Gasteiger partial charge in [-0.15, -0.1) is 0 Å². The van der Waals surface area contributed by atoms with Crippen LogP contribution in [0.5, 0.6) is 0 Å². The first kappa shape index (κ1) is 14.0. The summed E-state index contributed by atoms with van der Waals surface area (Å²) in [6.07, 6.45) is 1.17. The van der Waals surface area contributed by atoms with Crippen molar-refractivity contribution in [1.82, 2.24) is 0 Å². The number of halogens is 3. The Morgan fingerprint density at radius 1 is 1.25 bits per heavy atom. The lowest BCUT2D eigenvalue weighted by atomic mass is 10.2. The molecule has 1 heterocycles. The third kappa shape index (κ3) is 2.93. The summed E-state index contributed by atoms with van der Waals surface area (Å²) in [6, 6.07) is 2.50. The van der Waals surface area contributed by atoms with E-state index in [4.69, 9.17) is 4.42 Å². The summed E-state index contributed by atoms with van der Waals surface area (Å²) in [4.78, 5) is 11.2. The summed E-state index contributed by atoms with van der Waals surface area (Å²) in [5.41, 5.74) is -0.285. The number of methoxy groups -OCH3 is 1. The molecule has 1 aromatic heterocycles. The summed E-state index contributed by atoms with van der Waals surface area (Å²) < 4.78 is 48.9. The molecule has 1 N–H and O–H groups in total. The standard InChI is InChI=1S/C13H10F3NO3/c1-19-13(18)7-2-9(20-6-7)5-17-12-10(15)3-8(14)4-11(12)16/h2-4,6,17H,5H2,1H3. The Morgan fingerprint density at radius 2 is 1.90 bits per heavy atom. The van der Waals surface area contributed by atoms with E-state index in [1.54, 1.807) is 0 Å². The van der Waals surface area contributed by atoms with Gasteiger partial charge in [0.05, 0.1) is 19.2 Å². The molecule has 0 aliphatic heterocycles. The first-order chi connectivity index (χ1) is 9.51. The number of nitrogens with one attached hydrogen (secondary N) is 1. The molecule has 1 aromatic carbocycles. The third-order valence-corrected chi connectivity index (χ3v) is 2.52. The van der Waals surface area contributed by atoms with E-state index >= 15 is 0 Å². The Balaban J connectivity index is 2.09. The molecule has 0 saturated heterocycles. The predicted molar refractivity (Wildman–Crippen MR) is 63.7 cm³/mol. The van der Waals surface area contributed by atoms with Crippen LogP contribution in [0, 0.1) is 17.5 Å². The van der Waals surface area contributed by atoms with Crippen LogP contribution in [0.15, 0.2) is 28.9 Å². The zero-order chi connectivity index (χ0) is 14.7. The van der Waals surface area contributed by atoms with Crippen LogP contribution in [0.3, 0.4) is 0 Å². The Labute approximate surface area is 112 Å². The number of hydrogen-bond acceptors (Lipinski definition) is 4. The Hall–Kier alpha value is -2.44. The van der Waals surface area contributed by atoms with Gasteiger partial charge in [-0.2, -0.15) is 0 Å². The monoisotopic (exact) mass is 285 g/mol. The zero-order valence-corrected chi connectivity index (χ0v) is 10.4. The van der Waals surface area contributed by atoms with E-state index in [2.05, 4.69) is 10.1 Å². The fraction of sp³-hybridized carbons (Fsp3) is 0.154. The van der Waals surface area contributed by atoms with Crippen molar-refractivity contribution in [1.29, 1.82) is 0 Å². The number of benzene rings is 1. The SMILES string of the molecule is COC(=O)c1coc(CNc2c(F)cc(F)cc2F)c1. The average Bonchev–Trinajstić information content (AvgIpc) is 2.85. The molecule has 0 fully saturated rings. The highest BCUT2D eigenvalue weighted by Gasteiger charge is 2.13. The molecule has 0 spiro atoms. The van der Waals surface area contributed by atoms with Gasteiger partial charge >= 0.3 is 5.97 Å². The van der Waals surface area contributed by atoms with Crippen molar-refractivity contribution >= 4 is 11.7 Å². The van der Waals surface area contributed by atoms with Gasteiger partial charge in [-0.25, -0.2) is 18.0 Å². The van der Waals surface area contributed by atoms with E-state index in [-0.39, 0.29) is 17.9 Å². The number of anilines is 1. The van der Waals surface area contributed by atoms with Gasteiger partial charge in [-0.3, -0.25) is 0 Å². The lowest BCUT2D eigenvalue weighted by Gasteiger charge is -2.07. The number of ether oxygens (including phenoxy) is 1. The van der Waals surface area contributed by atoms with Crippen LogP contribution in [-0.2, 0) is 11.3 Å². The molecular formula is C13H10F3NO3.